The largest absolute Gasteiger partial charge is 0.207 e. The average Bonchev–Trinajstić information content (AvgIpc) is 2.26. The summed E-state index contributed by atoms with van der Waals surface area (Å²) in [6.07, 6.45) is 0.693. The third kappa shape index (κ3) is 1.96. The van der Waals surface area contributed by atoms with Crippen LogP contribution >= 0.6 is 15.9 Å². The van der Waals surface area contributed by atoms with Gasteiger partial charge in [-0.05, 0) is 43.0 Å². The van der Waals surface area contributed by atoms with Crippen molar-refractivity contribution in [3.63, 3.8) is 0 Å². The van der Waals surface area contributed by atoms with Crippen LogP contribution in [0.4, 0.5) is 4.39 Å². The molecule has 0 heterocycles. The first kappa shape index (κ1) is 12.9. The molecule has 0 atom stereocenters. The maximum absolute atomic E-state index is 13.9. The molecule has 1 aliphatic carbocycles. The Balaban J connectivity index is 2.46. The SMILES string of the molecule is CC1(C#N)CC(N=[N+]=[N-])(c2ccc(Br)cc2F)C1. The van der Waals surface area contributed by atoms with E-state index in [4.69, 9.17) is 10.8 Å². The lowest BCUT2D eigenvalue weighted by atomic mass is 9.57. The number of azide groups is 1. The first-order valence-electron chi connectivity index (χ1n) is 5.38. The third-order valence-electron chi connectivity index (χ3n) is 3.30. The van der Waals surface area contributed by atoms with E-state index >= 15 is 0 Å². The summed E-state index contributed by atoms with van der Waals surface area (Å²) in [4.78, 5) is 2.81. The van der Waals surface area contributed by atoms with Crippen LogP contribution < -0.4 is 0 Å². The molecule has 0 aromatic heterocycles. The Labute approximate surface area is 112 Å². The van der Waals surface area contributed by atoms with Gasteiger partial charge in [0.05, 0.1) is 17.0 Å². The molecule has 1 saturated carbocycles. The van der Waals surface area contributed by atoms with Crippen LogP contribution in [0.3, 0.4) is 0 Å². The van der Waals surface area contributed by atoms with E-state index in [1.165, 1.54) is 6.07 Å². The van der Waals surface area contributed by atoms with Gasteiger partial charge in [-0.1, -0.05) is 27.1 Å². The molecule has 92 valence electrons. The highest BCUT2D eigenvalue weighted by Crippen LogP contribution is 2.56. The molecular weight excluding hydrogens is 299 g/mol. The van der Waals surface area contributed by atoms with Gasteiger partial charge in [-0.25, -0.2) is 4.39 Å². The van der Waals surface area contributed by atoms with Crippen molar-refractivity contribution < 1.29 is 4.39 Å². The van der Waals surface area contributed by atoms with Crippen molar-refractivity contribution in [1.29, 1.82) is 5.26 Å². The number of nitriles is 1. The summed E-state index contributed by atoms with van der Waals surface area (Å²) in [5.41, 5.74) is 7.54. The van der Waals surface area contributed by atoms with Crippen molar-refractivity contribution in [2.75, 3.05) is 0 Å². The summed E-state index contributed by atoms with van der Waals surface area (Å²) in [5.74, 6) is -0.420. The van der Waals surface area contributed by atoms with Gasteiger partial charge in [-0.15, -0.1) is 0 Å². The Morgan fingerprint density at radius 2 is 2.22 bits per heavy atom. The standard InChI is InChI=1S/C12H10BrFN4/c1-11(7-15)5-12(6-11,17-18-16)9-3-2-8(13)4-10(9)14/h2-4H,5-6H2,1H3. The molecule has 1 aliphatic rings. The topological polar surface area (TPSA) is 72.5 Å². The molecule has 1 aromatic rings. The fraction of sp³-hybridized carbons (Fsp3) is 0.417. The number of nitrogens with zero attached hydrogens (tertiary/aromatic N) is 4. The lowest BCUT2D eigenvalue weighted by Crippen LogP contribution is -2.46. The van der Waals surface area contributed by atoms with E-state index in [-0.39, 0.29) is 0 Å². The molecule has 0 unspecified atom stereocenters. The van der Waals surface area contributed by atoms with Crippen LogP contribution in [0.2, 0.25) is 0 Å². The highest BCUT2D eigenvalue weighted by molar-refractivity contribution is 9.10. The van der Waals surface area contributed by atoms with Crippen molar-refractivity contribution >= 4 is 15.9 Å². The Morgan fingerprint density at radius 1 is 1.56 bits per heavy atom. The zero-order valence-electron chi connectivity index (χ0n) is 9.69. The molecule has 0 spiro atoms. The van der Waals surface area contributed by atoms with Gasteiger partial charge in [0.25, 0.3) is 0 Å². The fourth-order valence-corrected chi connectivity index (χ4v) is 2.92. The summed E-state index contributed by atoms with van der Waals surface area (Å²) in [6, 6.07) is 6.82. The van der Waals surface area contributed by atoms with Crippen LogP contribution in [0, 0.1) is 22.6 Å². The van der Waals surface area contributed by atoms with Crippen molar-refractivity contribution in [2.24, 2.45) is 10.5 Å². The maximum Gasteiger partial charge on any atom is 0.128 e. The Morgan fingerprint density at radius 3 is 2.72 bits per heavy atom. The van der Waals surface area contributed by atoms with Crippen LogP contribution in [0.5, 0.6) is 0 Å². The van der Waals surface area contributed by atoms with Crippen LogP contribution in [0.25, 0.3) is 10.4 Å². The highest BCUT2D eigenvalue weighted by Gasteiger charge is 2.54. The molecule has 0 amide bonds. The second-order valence-electron chi connectivity index (χ2n) is 4.87. The van der Waals surface area contributed by atoms with E-state index in [2.05, 4.69) is 32.0 Å². The molecule has 1 fully saturated rings. The number of hydrogen-bond acceptors (Lipinski definition) is 2. The summed E-state index contributed by atoms with van der Waals surface area (Å²) in [7, 11) is 0. The molecule has 1 aromatic carbocycles. The molecule has 2 rings (SSSR count). The Hall–Kier alpha value is -1.57. The van der Waals surface area contributed by atoms with E-state index in [0.29, 0.717) is 22.9 Å². The van der Waals surface area contributed by atoms with E-state index < -0.39 is 16.8 Å². The lowest BCUT2D eigenvalue weighted by Gasteiger charge is -2.48. The smallest absolute Gasteiger partial charge is 0.128 e. The van der Waals surface area contributed by atoms with Gasteiger partial charge in [-0.2, -0.15) is 5.26 Å². The number of benzene rings is 1. The molecule has 0 radical (unpaired) electrons. The van der Waals surface area contributed by atoms with Crippen molar-refractivity contribution in [1.82, 2.24) is 0 Å². The van der Waals surface area contributed by atoms with Crippen molar-refractivity contribution in [3.8, 4) is 6.07 Å². The second-order valence-corrected chi connectivity index (χ2v) is 5.79. The van der Waals surface area contributed by atoms with E-state index in [1.54, 1.807) is 19.1 Å². The van der Waals surface area contributed by atoms with Gasteiger partial charge in [0.15, 0.2) is 0 Å². The summed E-state index contributed by atoms with van der Waals surface area (Å²) in [6.45, 7) is 1.79. The highest BCUT2D eigenvalue weighted by atomic mass is 79.9. The quantitative estimate of drug-likeness (QED) is 0.453. The summed E-state index contributed by atoms with van der Waals surface area (Å²) < 4.78 is 14.6. The monoisotopic (exact) mass is 308 g/mol. The van der Waals surface area contributed by atoms with Gasteiger partial charge in [0.2, 0.25) is 0 Å². The Kier molecular flexibility index (Phi) is 3.05. The van der Waals surface area contributed by atoms with Gasteiger partial charge in [0.1, 0.15) is 5.82 Å². The molecule has 0 aliphatic heterocycles. The molecule has 18 heavy (non-hydrogen) atoms. The van der Waals surface area contributed by atoms with E-state index in [9.17, 15) is 4.39 Å². The lowest BCUT2D eigenvalue weighted by molar-refractivity contribution is 0.0945. The zero-order chi connectivity index (χ0) is 13.4. The summed E-state index contributed by atoms with van der Waals surface area (Å²) in [5, 5.41) is 12.8. The van der Waals surface area contributed by atoms with Crippen LogP contribution in [0.1, 0.15) is 25.3 Å². The van der Waals surface area contributed by atoms with Crippen molar-refractivity contribution in [3.05, 3.63) is 44.5 Å². The Bertz CT molecular complexity index is 580. The van der Waals surface area contributed by atoms with Gasteiger partial charge >= 0.3 is 0 Å². The van der Waals surface area contributed by atoms with Gasteiger partial charge in [-0.3, -0.25) is 0 Å². The first-order valence-corrected chi connectivity index (χ1v) is 6.17. The number of hydrogen-bond donors (Lipinski definition) is 0. The fourth-order valence-electron chi connectivity index (χ4n) is 2.59. The van der Waals surface area contributed by atoms with Crippen LogP contribution in [-0.2, 0) is 5.54 Å². The van der Waals surface area contributed by atoms with Crippen LogP contribution in [-0.4, -0.2) is 0 Å². The molecule has 0 bridgehead atoms. The van der Waals surface area contributed by atoms with Crippen LogP contribution in [0.15, 0.2) is 27.8 Å². The maximum atomic E-state index is 13.9. The molecule has 0 saturated heterocycles. The predicted molar refractivity (Wildman–Crippen MR) is 67.9 cm³/mol. The first-order chi connectivity index (χ1) is 8.45. The predicted octanol–water partition coefficient (Wildman–Crippen LogP) is 4.42. The number of rotatable bonds is 2. The zero-order valence-corrected chi connectivity index (χ0v) is 11.3. The molecule has 6 heteroatoms. The minimum Gasteiger partial charge on any atom is -0.207 e. The molecule has 0 N–H and O–H groups in total. The van der Waals surface area contributed by atoms with Gasteiger partial charge < -0.3 is 0 Å². The minimum atomic E-state index is -0.927. The van der Waals surface area contributed by atoms with E-state index in [1.807, 2.05) is 0 Å². The summed E-state index contributed by atoms with van der Waals surface area (Å²) >= 11 is 3.18. The normalized spacial score (nSPS) is 29.9. The third-order valence-corrected chi connectivity index (χ3v) is 3.80. The van der Waals surface area contributed by atoms with Crippen molar-refractivity contribution in [2.45, 2.75) is 25.3 Å². The van der Waals surface area contributed by atoms with E-state index in [0.717, 1.165) is 0 Å². The number of halogens is 2. The molecular formula is C12H10BrFN4. The minimum absolute atomic E-state index is 0.346. The van der Waals surface area contributed by atoms with Gasteiger partial charge in [0, 0.05) is 9.38 Å². The second kappa shape index (κ2) is 4.27. The average molecular weight is 309 g/mol. The molecule has 4 nitrogen and oxygen atoms in total.